The molecule has 1 N–H and O–H groups in total. The predicted molar refractivity (Wildman–Crippen MR) is 129 cm³/mol. The van der Waals surface area contributed by atoms with Gasteiger partial charge in [-0.15, -0.1) is 0 Å². The summed E-state index contributed by atoms with van der Waals surface area (Å²) in [5.74, 6) is 0.0897. The maximum Gasteiger partial charge on any atom is 0.343 e. The van der Waals surface area contributed by atoms with E-state index in [0.717, 1.165) is 5.56 Å². The zero-order chi connectivity index (χ0) is 24.5. The first-order valence-corrected chi connectivity index (χ1v) is 10.6. The lowest BCUT2D eigenvalue weighted by Gasteiger charge is -2.12. The average Bonchev–Trinajstić information content (AvgIpc) is 2.85. The lowest BCUT2D eigenvalue weighted by Crippen LogP contribution is -2.14. The first-order chi connectivity index (χ1) is 16.4. The van der Waals surface area contributed by atoms with Gasteiger partial charge in [-0.25, -0.2) is 4.79 Å². The molecule has 0 radical (unpaired) electrons. The van der Waals surface area contributed by atoms with Crippen LogP contribution in [0.25, 0.3) is 6.08 Å². The highest BCUT2D eigenvalue weighted by Gasteiger charge is 2.15. The Bertz CT molecular complexity index is 1260. The Labute approximate surface area is 198 Å². The van der Waals surface area contributed by atoms with Gasteiger partial charge in [0.05, 0.1) is 19.3 Å². The quantitative estimate of drug-likeness (QED) is 0.217. The zero-order valence-electron chi connectivity index (χ0n) is 19.1. The number of nitrogens with zero attached hydrogens (tertiary/aromatic N) is 1. The van der Waals surface area contributed by atoms with Gasteiger partial charge in [-0.1, -0.05) is 24.3 Å². The summed E-state index contributed by atoms with van der Waals surface area (Å²) in [4.78, 5) is 25.2. The summed E-state index contributed by atoms with van der Waals surface area (Å²) in [5.41, 5.74) is 2.34. The second kappa shape index (κ2) is 11.3. The summed E-state index contributed by atoms with van der Waals surface area (Å²) in [6.45, 7) is 4.00. The van der Waals surface area contributed by atoms with Gasteiger partial charge in [0.25, 0.3) is 5.91 Å². The summed E-state index contributed by atoms with van der Waals surface area (Å²) in [5, 5.41) is 12.3. The molecule has 0 bridgehead atoms. The summed E-state index contributed by atoms with van der Waals surface area (Å²) in [6, 6.07) is 20.6. The van der Waals surface area contributed by atoms with Crippen molar-refractivity contribution >= 4 is 23.6 Å². The Balaban J connectivity index is 1.82. The van der Waals surface area contributed by atoms with E-state index < -0.39 is 11.9 Å². The highest BCUT2D eigenvalue weighted by atomic mass is 16.6. The van der Waals surface area contributed by atoms with Gasteiger partial charge >= 0.3 is 5.97 Å². The summed E-state index contributed by atoms with van der Waals surface area (Å²) < 4.78 is 16.2. The number of rotatable bonds is 8. The van der Waals surface area contributed by atoms with Gasteiger partial charge in [0.15, 0.2) is 11.5 Å². The molecule has 3 aromatic rings. The molecule has 34 heavy (non-hydrogen) atoms. The number of esters is 1. The Morgan fingerprint density at radius 2 is 1.76 bits per heavy atom. The van der Waals surface area contributed by atoms with Crippen molar-refractivity contribution in [3.8, 4) is 23.3 Å². The number of para-hydroxylation sites is 1. The van der Waals surface area contributed by atoms with Crippen molar-refractivity contribution in [1.29, 1.82) is 5.26 Å². The molecule has 0 aliphatic heterocycles. The molecule has 7 heteroatoms. The van der Waals surface area contributed by atoms with Gasteiger partial charge in [-0.2, -0.15) is 5.26 Å². The molecule has 0 aromatic heterocycles. The van der Waals surface area contributed by atoms with Crippen LogP contribution in [-0.4, -0.2) is 25.6 Å². The van der Waals surface area contributed by atoms with Crippen LogP contribution in [0.1, 0.15) is 28.4 Å². The number of methoxy groups -OCH3 is 1. The number of aryl methyl sites for hydroxylation is 1. The van der Waals surface area contributed by atoms with Crippen molar-refractivity contribution < 1.29 is 23.8 Å². The maximum atomic E-state index is 12.6. The lowest BCUT2D eigenvalue weighted by atomic mass is 10.1. The van der Waals surface area contributed by atoms with Crippen LogP contribution in [0.4, 0.5) is 5.69 Å². The minimum atomic E-state index is -0.553. The number of hydrogen-bond acceptors (Lipinski definition) is 6. The van der Waals surface area contributed by atoms with Gasteiger partial charge in [-0.05, 0) is 73.5 Å². The number of benzene rings is 3. The second-order valence-corrected chi connectivity index (χ2v) is 7.20. The molecular formula is C27H24N2O5. The fourth-order valence-corrected chi connectivity index (χ4v) is 3.07. The number of anilines is 1. The standard InChI is InChI=1S/C27H24N2O5/c1-4-33-25-16-19(15-21(17-28)26(30)29-23-8-6-5-7-18(23)2)9-14-24(25)34-27(31)20-10-12-22(32-3)13-11-20/h5-16H,4H2,1-3H3,(H,29,30). The van der Waals surface area contributed by atoms with Crippen molar-refractivity contribution in [2.75, 3.05) is 19.0 Å². The van der Waals surface area contributed by atoms with Crippen LogP contribution < -0.4 is 19.5 Å². The van der Waals surface area contributed by atoms with Gasteiger partial charge < -0.3 is 19.5 Å². The Kier molecular flexibility index (Phi) is 8.03. The van der Waals surface area contributed by atoms with Crippen molar-refractivity contribution in [2.24, 2.45) is 0 Å². The van der Waals surface area contributed by atoms with E-state index in [0.29, 0.717) is 34.9 Å². The average molecular weight is 456 g/mol. The molecule has 0 atom stereocenters. The third-order valence-electron chi connectivity index (χ3n) is 4.87. The fraction of sp³-hybridized carbons (Fsp3) is 0.148. The SMILES string of the molecule is CCOc1cc(C=C(C#N)C(=O)Nc2ccccc2C)ccc1OC(=O)c1ccc(OC)cc1. The van der Waals surface area contributed by atoms with E-state index in [2.05, 4.69) is 5.32 Å². The molecule has 172 valence electrons. The van der Waals surface area contributed by atoms with Crippen LogP contribution in [0, 0.1) is 18.3 Å². The van der Waals surface area contributed by atoms with Crippen molar-refractivity contribution in [1.82, 2.24) is 0 Å². The van der Waals surface area contributed by atoms with Crippen LogP contribution in [0.3, 0.4) is 0 Å². The van der Waals surface area contributed by atoms with E-state index in [-0.39, 0.29) is 11.3 Å². The van der Waals surface area contributed by atoms with E-state index in [1.165, 1.54) is 6.08 Å². The minimum absolute atomic E-state index is 0.0753. The largest absolute Gasteiger partial charge is 0.497 e. The first-order valence-electron chi connectivity index (χ1n) is 10.6. The summed E-state index contributed by atoms with van der Waals surface area (Å²) in [6.07, 6.45) is 1.45. The maximum absolute atomic E-state index is 12.6. The molecular weight excluding hydrogens is 432 g/mol. The summed E-state index contributed by atoms with van der Waals surface area (Å²) in [7, 11) is 1.54. The van der Waals surface area contributed by atoms with E-state index in [1.807, 2.05) is 25.1 Å². The van der Waals surface area contributed by atoms with E-state index in [4.69, 9.17) is 14.2 Å². The van der Waals surface area contributed by atoms with E-state index in [1.54, 1.807) is 68.6 Å². The minimum Gasteiger partial charge on any atom is -0.497 e. The Morgan fingerprint density at radius 1 is 1.03 bits per heavy atom. The third-order valence-corrected chi connectivity index (χ3v) is 4.87. The molecule has 0 aliphatic carbocycles. The fourth-order valence-electron chi connectivity index (χ4n) is 3.07. The van der Waals surface area contributed by atoms with Gasteiger partial charge in [0.1, 0.15) is 17.4 Å². The number of hydrogen-bond donors (Lipinski definition) is 1. The van der Waals surface area contributed by atoms with E-state index >= 15 is 0 Å². The topological polar surface area (TPSA) is 97.6 Å². The molecule has 0 saturated carbocycles. The number of carbonyl (C=O) groups is 2. The van der Waals surface area contributed by atoms with Crippen molar-refractivity contribution in [2.45, 2.75) is 13.8 Å². The Hall–Kier alpha value is -4.57. The number of carbonyl (C=O) groups excluding carboxylic acids is 2. The van der Waals surface area contributed by atoms with Crippen molar-refractivity contribution in [3.05, 3.63) is 89.0 Å². The van der Waals surface area contributed by atoms with Crippen LogP contribution in [0.2, 0.25) is 0 Å². The van der Waals surface area contributed by atoms with Crippen molar-refractivity contribution in [3.63, 3.8) is 0 Å². The molecule has 3 aromatic carbocycles. The molecule has 0 spiro atoms. The monoisotopic (exact) mass is 456 g/mol. The highest BCUT2D eigenvalue weighted by molar-refractivity contribution is 6.10. The second-order valence-electron chi connectivity index (χ2n) is 7.20. The molecule has 0 aliphatic rings. The van der Waals surface area contributed by atoms with Gasteiger partial charge in [0, 0.05) is 5.69 Å². The van der Waals surface area contributed by atoms with Crippen LogP contribution >= 0.6 is 0 Å². The number of nitrogens with one attached hydrogen (secondary N) is 1. The van der Waals surface area contributed by atoms with Gasteiger partial charge in [0.2, 0.25) is 0 Å². The smallest absolute Gasteiger partial charge is 0.343 e. The molecule has 0 unspecified atom stereocenters. The number of nitriles is 1. The molecule has 0 saturated heterocycles. The molecule has 0 fully saturated rings. The van der Waals surface area contributed by atoms with Gasteiger partial charge in [-0.3, -0.25) is 4.79 Å². The third kappa shape index (κ3) is 6.02. The lowest BCUT2D eigenvalue weighted by molar-refractivity contribution is -0.112. The number of ether oxygens (including phenoxy) is 3. The normalized spacial score (nSPS) is 10.7. The molecule has 0 heterocycles. The predicted octanol–water partition coefficient (Wildman–Crippen LogP) is 5.17. The molecule has 7 nitrogen and oxygen atoms in total. The summed E-state index contributed by atoms with van der Waals surface area (Å²) >= 11 is 0. The molecule has 3 rings (SSSR count). The zero-order valence-corrected chi connectivity index (χ0v) is 19.1. The van der Waals surface area contributed by atoms with Crippen LogP contribution in [-0.2, 0) is 4.79 Å². The number of amides is 1. The highest BCUT2D eigenvalue weighted by Crippen LogP contribution is 2.30. The first kappa shape index (κ1) is 24.1. The van der Waals surface area contributed by atoms with Crippen LogP contribution in [0.5, 0.6) is 17.2 Å². The van der Waals surface area contributed by atoms with E-state index in [9.17, 15) is 14.9 Å². The Morgan fingerprint density at radius 3 is 2.41 bits per heavy atom. The molecule has 1 amide bonds. The van der Waals surface area contributed by atoms with Crippen LogP contribution in [0.15, 0.2) is 72.3 Å².